The molecule has 0 N–H and O–H groups in total. The van der Waals surface area contributed by atoms with Crippen LogP contribution in [0.5, 0.6) is 0 Å². The van der Waals surface area contributed by atoms with E-state index in [0.29, 0.717) is 5.41 Å². The average molecular weight is 180 g/mol. The Morgan fingerprint density at radius 2 is 1.69 bits per heavy atom. The van der Waals surface area contributed by atoms with E-state index in [0.717, 1.165) is 11.8 Å². The van der Waals surface area contributed by atoms with Gasteiger partial charge in [0.25, 0.3) is 0 Å². The maximum Gasteiger partial charge on any atom is -0.0175 e. The second kappa shape index (κ2) is 3.86. The molecule has 2 unspecified atom stereocenters. The van der Waals surface area contributed by atoms with E-state index in [9.17, 15) is 0 Å². The third-order valence-corrected chi connectivity index (χ3v) is 3.51. The summed E-state index contributed by atoms with van der Waals surface area (Å²) in [6.07, 6.45) is 5.61. The van der Waals surface area contributed by atoms with Crippen LogP contribution in [0.25, 0.3) is 0 Å². The Hall–Kier alpha value is -0.260. The van der Waals surface area contributed by atoms with Gasteiger partial charge >= 0.3 is 0 Å². The van der Waals surface area contributed by atoms with Crippen LogP contribution in [0.1, 0.15) is 53.4 Å². The first-order chi connectivity index (χ1) is 5.93. The monoisotopic (exact) mass is 180 g/mol. The van der Waals surface area contributed by atoms with Gasteiger partial charge in [-0.15, -0.1) is 0 Å². The summed E-state index contributed by atoms with van der Waals surface area (Å²) in [4.78, 5) is 0. The van der Waals surface area contributed by atoms with Crippen molar-refractivity contribution in [3.8, 4) is 0 Å². The van der Waals surface area contributed by atoms with Crippen molar-refractivity contribution >= 4 is 0 Å². The lowest BCUT2D eigenvalue weighted by Crippen LogP contribution is -2.31. The van der Waals surface area contributed by atoms with Crippen molar-refractivity contribution in [2.24, 2.45) is 17.3 Å². The van der Waals surface area contributed by atoms with Gasteiger partial charge in [-0.2, -0.15) is 0 Å². The zero-order valence-corrected chi connectivity index (χ0v) is 9.69. The van der Waals surface area contributed by atoms with E-state index in [2.05, 4.69) is 34.3 Å². The third kappa shape index (κ3) is 2.59. The number of rotatable bonds is 1. The van der Waals surface area contributed by atoms with Crippen LogP contribution < -0.4 is 0 Å². The van der Waals surface area contributed by atoms with E-state index < -0.39 is 0 Å². The van der Waals surface area contributed by atoms with Crippen LogP contribution in [-0.4, -0.2) is 0 Å². The van der Waals surface area contributed by atoms with Gasteiger partial charge in [0, 0.05) is 0 Å². The van der Waals surface area contributed by atoms with Gasteiger partial charge in [-0.05, 0) is 37.0 Å². The largest absolute Gasteiger partial charge is 0.0999 e. The first kappa shape index (κ1) is 10.8. The predicted octanol–water partition coefficient (Wildman–Crippen LogP) is 4.42. The van der Waals surface area contributed by atoms with E-state index in [1.165, 1.54) is 31.3 Å². The molecular weight excluding hydrogens is 156 g/mol. The van der Waals surface area contributed by atoms with Crippen molar-refractivity contribution in [3.05, 3.63) is 12.2 Å². The summed E-state index contributed by atoms with van der Waals surface area (Å²) in [6, 6.07) is 0. The highest BCUT2D eigenvalue weighted by atomic mass is 14.4. The molecule has 0 saturated heterocycles. The Morgan fingerprint density at radius 1 is 1.15 bits per heavy atom. The van der Waals surface area contributed by atoms with Crippen LogP contribution in [-0.2, 0) is 0 Å². The first-order valence-electron chi connectivity index (χ1n) is 5.58. The van der Waals surface area contributed by atoms with Crippen molar-refractivity contribution in [3.63, 3.8) is 0 Å². The van der Waals surface area contributed by atoms with Gasteiger partial charge in [0.15, 0.2) is 0 Å². The summed E-state index contributed by atoms with van der Waals surface area (Å²) < 4.78 is 0. The summed E-state index contributed by atoms with van der Waals surface area (Å²) >= 11 is 0. The Kier molecular flexibility index (Phi) is 3.21. The lowest BCUT2D eigenvalue weighted by Gasteiger charge is -2.41. The fraction of sp³-hybridized carbons (Fsp3) is 0.846. The molecule has 2 atom stereocenters. The van der Waals surface area contributed by atoms with E-state index in [1.54, 1.807) is 0 Å². The van der Waals surface area contributed by atoms with Gasteiger partial charge in [-0.1, -0.05) is 45.8 Å². The maximum absolute atomic E-state index is 4.14. The van der Waals surface area contributed by atoms with Crippen LogP contribution in [0.4, 0.5) is 0 Å². The molecule has 1 saturated carbocycles. The average Bonchev–Trinajstić information content (AvgIpc) is 2.03. The Labute approximate surface area is 83.4 Å². The van der Waals surface area contributed by atoms with E-state index >= 15 is 0 Å². The van der Waals surface area contributed by atoms with Crippen molar-refractivity contribution in [1.29, 1.82) is 0 Å². The molecule has 13 heavy (non-hydrogen) atoms. The fourth-order valence-corrected chi connectivity index (χ4v) is 2.76. The lowest BCUT2D eigenvalue weighted by molar-refractivity contribution is 0.129. The second-order valence-electron chi connectivity index (χ2n) is 5.71. The van der Waals surface area contributed by atoms with Gasteiger partial charge in [0.05, 0.1) is 0 Å². The maximum atomic E-state index is 4.14. The van der Waals surface area contributed by atoms with Crippen LogP contribution in [0.3, 0.4) is 0 Å². The second-order valence-corrected chi connectivity index (χ2v) is 5.71. The highest BCUT2D eigenvalue weighted by Gasteiger charge is 2.33. The Bertz CT molecular complexity index is 183. The predicted molar refractivity (Wildman–Crippen MR) is 59.7 cm³/mol. The first-order valence-corrected chi connectivity index (χ1v) is 5.58. The normalized spacial score (nSPS) is 30.2. The van der Waals surface area contributed by atoms with E-state index in [1.807, 2.05) is 0 Å². The van der Waals surface area contributed by atoms with Crippen LogP contribution in [0, 0.1) is 17.3 Å². The van der Waals surface area contributed by atoms with Crippen molar-refractivity contribution < 1.29 is 0 Å². The van der Waals surface area contributed by atoms with Crippen LogP contribution >= 0.6 is 0 Å². The topological polar surface area (TPSA) is 0 Å². The summed E-state index contributed by atoms with van der Waals surface area (Å²) in [5, 5.41) is 0. The molecule has 1 aliphatic rings. The standard InChI is InChI=1S/C13H24/c1-10(2)11-8-6-7-9-12(11)13(3,4)5/h11-12H,1,6-9H2,2-5H3. The highest BCUT2D eigenvalue weighted by Crippen LogP contribution is 2.44. The minimum atomic E-state index is 0.462. The fourth-order valence-electron chi connectivity index (χ4n) is 2.76. The molecule has 0 radical (unpaired) electrons. The zero-order chi connectivity index (χ0) is 10.1. The molecule has 0 aromatic heterocycles. The molecule has 0 spiro atoms. The SMILES string of the molecule is C=C(C)C1CCCCC1C(C)(C)C. The molecule has 76 valence electrons. The molecule has 0 aromatic rings. The summed E-state index contributed by atoms with van der Waals surface area (Å²) in [5.41, 5.74) is 1.86. The van der Waals surface area contributed by atoms with Gasteiger partial charge in [0.2, 0.25) is 0 Å². The summed E-state index contributed by atoms with van der Waals surface area (Å²) in [7, 11) is 0. The molecule has 0 bridgehead atoms. The molecule has 0 amide bonds. The van der Waals surface area contributed by atoms with Crippen LogP contribution in [0.15, 0.2) is 12.2 Å². The Balaban J connectivity index is 2.73. The highest BCUT2D eigenvalue weighted by molar-refractivity contribution is 5.02. The van der Waals surface area contributed by atoms with Gasteiger partial charge in [-0.3, -0.25) is 0 Å². The van der Waals surface area contributed by atoms with Crippen molar-refractivity contribution in [1.82, 2.24) is 0 Å². The lowest BCUT2D eigenvalue weighted by atomic mass is 9.65. The number of allylic oxidation sites excluding steroid dienone is 1. The van der Waals surface area contributed by atoms with E-state index in [-0.39, 0.29) is 0 Å². The molecule has 0 nitrogen and oxygen atoms in total. The smallest absolute Gasteiger partial charge is 0.0175 e. The molecular formula is C13H24. The Morgan fingerprint density at radius 3 is 2.08 bits per heavy atom. The van der Waals surface area contributed by atoms with Crippen molar-refractivity contribution in [2.45, 2.75) is 53.4 Å². The number of hydrogen-bond acceptors (Lipinski definition) is 0. The minimum Gasteiger partial charge on any atom is -0.0999 e. The van der Waals surface area contributed by atoms with Crippen LogP contribution in [0.2, 0.25) is 0 Å². The molecule has 1 fully saturated rings. The minimum absolute atomic E-state index is 0.462. The van der Waals surface area contributed by atoms with Gasteiger partial charge in [0.1, 0.15) is 0 Å². The molecule has 1 aliphatic carbocycles. The van der Waals surface area contributed by atoms with E-state index in [4.69, 9.17) is 0 Å². The van der Waals surface area contributed by atoms with Gasteiger partial charge in [-0.25, -0.2) is 0 Å². The van der Waals surface area contributed by atoms with Crippen molar-refractivity contribution in [2.75, 3.05) is 0 Å². The molecule has 0 heterocycles. The molecule has 0 aliphatic heterocycles. The molecule has 0 aromatic carbocycles. The zero-order valence-electron chi connectivity index (χ0n) is 9.69. The molecule has 0 heteroatoms. The molecule has 1 rings (SSSR count). The summed E-state index contributed by atoms with van der Waals surface area (Å²) in [6.45, 7) is 13.5. The third-order valence-electron chi connectivity index (χ3n) is 3.51. The summed E-state index contributed by atoms with van der Waals surface area (Å²) in [5.74, 6) is 1.65. The quantitative estimate of drug-likeness (QED) is 0.524. The number of hydrogen-bond donors (Lipinski definition) is 0. The van der Waals surface area contributed by atoms with Gasteiger partial charge < -0.3 is 0 Å².